The van der Waals surface area contributed by atoms with Crippen LogP contribution in [0.2, 0.25) is 5.02 Å². The quantitative estimate of drug-likeness (QED) is 0.0516. The van der Waals surface area contributed by atoms with Gasteiger partial charge in [-0.25, -0.2) is 17.5 Å². The zero-order valence-corrected chi connectivity index (χ0v) is 39.1. The number of rotatable bonds is 16. The van der Waals surface area contributed by atoms with Crippen LogP contribution in [0.15, 0.2) is 77.8 Å². The average Bonchev–Trinajstić information content (AvgIpc) is 3.82. The van der Waals surface area contributed by atoms with Gasteiger partial charge in [-0.1, -0.05) is 48.0 Å². The van der Waals surface area contributed by atoms with E-state index in [0.717, 1.165) is 71.3 Å². The Hall–Kier alpha value is -6.18. The van der Waals surface area contributed by atoms with Crippen molar-refractivity contribution in [2.24, 2.45) is 16.8 Å². The lowest BCUT2D eigenvalue weighted by Gasteiger charge is -2.53. The topological polar surface area (TPSA) is 204 Å². The van der Waals surface area contributed by atoms with E-state index in [9.17, 15) is 32.4 Å². The Morgan fingerprint density at radius 3 is 2.51 bits per heavy atom. The van der Waals surface area contributed by atoms with Crippen LogP contribution in [0.4, 0.5) is 17.1 Å². The summed E-state index contributed by atoms with van der Waals surface area (Å²) in [5.41, 5.74) is 5.02. The number of hydrogen-bond acceptors (Lipinski definition) is 13. The highest BCUT2D eigenvalue weighted by atomic mass is 35.5. The molecular weight excluding hydrogens is 932 g/mol. The Kier molecular flexibility index (Phi) is 12.3. The number of carbonyl (C=O) groups excluding carboxylic acids is 4. The number of carboxylic acids is 1. The first-order valence-corrected chi connectivity index (χ1v) is 25.2. The minimum absolute atomic E-state index is 0.0420. The Morgan fingerprint density at radius 2 is 1.78 bits per heavy atom. The molecule has 6 heterocycles. The molecule has 5 aromatic rings. The molecule has 0 radical (unpaired) electrons. The smallest absolute Gasteiger partial charge is 0.341 e. The minimum atomic E-state index is -3.66. The van der Waals surface area contributed by atoms with Crippen LogP contribution < -0.4 is 25.0 Å². The second kappa shape index (κ2) is 18.4. The second-order valence-electron chi connectivity index (χ2n) is 18.0. The van der Waals surface area contributed by atoms with Crippen LogP contribution in [-0.2, 0) is 30.2 Å². The number of anilines is 2. The number of sulfonamides is 1. The van der Waals surface area contributed by atoms with Crippen LogP contribution in [-0.4, -0.2) is 111 Å². The van der Waals surface area contributed by atoms with Gasteiger partial charge in [-0.05, 0) is 109 Å². The Labute approximate surface area is 400 Å². The molecule has 3 atom stereocenters. The number of nitrogens with zero attached hydrogens (tertiary/aromatic N) is 4. The van der Waals surface area contributed by atoms with Crippen LogP contribution in [0.25, 0.3) is 21.2 Å². The molecule has 352 valence electrons. The van der Waals surface area contributed by atoms with Gasteiger partial charge < -0.3 is 19.9 Å². The predicted molar refractivity (Wildman–Crippen MR) is 258 cm³/mol. The summed E-state index contributed by atoms with van der Waals surface area (Å²) in [6.07, 6.45) is 3.69. The number of halogens is 1. The number of benzene rings is 4. The molecule has 2 bridgehead atoms. The standard InChI is InChI=1S/C49H47ClN6O10S2/c1-51-36-18-27(25-68(63,64)55-21-30-19-31(22-55)45(30)52-32-5-2-4-29(20-32)47-44(50)46(40(23-57)67-47)65-24-42(59)60)8-12-39(36)66-26-54-16-14-28(15-17-54)33-9-10-37-43-34(33)6-3-7-35(43)49(62)56(37)38-11-13-41(58)53-48(38)61/h2-10,12,18,20,23,28,30-31,38,45,52H,1,11,13-17,19,21-22,24-26H2,(H,59,60)(H,53,58,61). The van der Waals surface area contributed by atoms with Crippen LogP contribution in [0, 0.1) is 11.8 Å². The molecule has 5 fully saturated rings. The number of aliphatic carboxylic acids is 1. The van der Waals surface area contributed by atoms with Crippen LogP contribution in [0.1, 0.15) is 69.2 Å². The zero-order valence-electron chi connectivity index (χ0n) is 36.7. The molecule has 5 aliphatic heterocycles. The highest BCUT2D eigenvalue weighted by molar-refractivity contribution is 7.88. The molecular formula is C49H47ClN6O10S2. The molecule has 1 aromatic heterocycles. The lowest BCUT2D eigenvalue weighted by molar-refractivity contribution is -0.139. The van der Waals surface area contributed by atoms with Crippen LogP contribution >= 0.6 is 22.9 Å². The van der Waals surface area contributed by atoms with Crippen molar-refractivity contribution in [1.29, 1.82) is 0 Å². The third-order valence-electron chi connectivity index (χ3n) is 13.9. The Morgan fingerprint density at radius 1 is 1.00 bits per heavy atom. The molecule has 3 amide bonds. The maximum absolute atomic E-state index is 13.8. The number of thiophene rings is 1. The number of carbonyl (C=O) groups is 5. The first kappa shape index (κ1) is 45.6. The third kappa shape index (κ3) is 8.52. The second-order valence-corrected chi connectivity index (χ2v) is 21.4. The summed E-state index contributed by atoms with van der Waals surface area (Å²) in [7, 11) is -3.66. The van der Waals surface area contributed by atoms with Crippen molar-refractivity contribution in [2.45, 2.75) is 55.9 Å². The average molecular weight is 980 g/mol. The number of aldehydes is 1. The molecule has 4 aromatic carbocycles. The van der Waals surface area contributed by atoms with Crippen molar-refractivity contribution >= 4 is 97.5 Å². The highest BCUT2D eigenvalue weighted by Gasteiger charge is 2.49. The maximum Gasteiger partial charge on any atom is 0.341 e. The van der Waals surface area contributed by atoms with Gasteiger partial charge in [0.25, 0.3) is 5.91 Å². The van der Waals surface area contributed by atoms with Crippen molar-refractivity contribution in [3.8, 4) is 21.9 Å². The van der Waals surface area contributed by atoms with Crippen LogP contribution in [0.3, 0.4) is 0 Å². The monoisotopic (exact) mass is 978 g/mol. The van der Waals surface area contributed by atoms with E-state index in [2.05, 4.69) is 33.3 Å². The van der Waals surface area contributed by atoms with Crippen molar-refractivity contribution < 1.29 is 47.0 Å². The highest BCUT2D eigenvalue weighted by Crippen LogP contribution is 2.48. The largest absolute Gasteiger partial charge is 0.479 e. The molecule has 19 heteroatoms. The van der Waals surface area contributed by atoms with E-state index < -0.39 is 34.5 Å². The summed E-state index contributed by atoms with van der Waals surface area (Å²) in [6.45, 7) is 5.73. The number of ether oxygens (including phenoxy) is 2. The van der Waals surface area contributed by atoms with Gasteiger partial charge in [0.2, 0.25) is 21.8 Å². The lowest BCUT2D eigenvalue weighted by Crippen LogP contribution is -2.62. The minimum Gasteiger partial charge on any atom is -0.479 e. The number of aliphatic imine (C=N–C) groups is 1. The van der Waals surface area contributed by atoms with Gasteiger partial charge in [0.1, 0.15) is 34.1 Å². The fourth-order valence-corrected chi connectivity index (χ4v) is 13.6. The molecule has 4 saturated heterocycles. The van der Waals surface area contributed by atoms with Crippen molar-refractivity contribution in [1.82, 2.24) is 14.5 Å². The third-order valence-corrected chi connectivity index (χ3v) is 17.3. The van der Waals surface area contributed by atoms with E-state index >= 15 is 0 Å². The SMILES string of the molecule is C=Nc1cc(CS(=O)(=O)N2CC3CC(C2)C3Nc2cccc(-c3sc(C=O)c(OCC(=O)O)c3Cl)c2)ccc1OCN1CCC(c2ccc3c4c(cccc24)C(=O)N3C2CCC(=O)NC2=O)CC1. The van der Waals surface area contributed by atoms with E-state index in [-0.39, 0.29) is 69.9 Å². The van der Waals surface area contributed by atoms with Gasteiger partial charge in [0.05, 0.1) is 16.3 Å². The molecule has 0 spiro atoms. The molecule has 3 N–H and O–H groups in total. The van der Waals surface area contributed by atoms with Gasteiger partial charge in [-0.2, -0.15) is 0 Å². The normalized spacial score (nSPS) is 21.9. The van der Waals surface area contributed by atoms with Gasteiger partial charge in [0.15, 0.2) is 18.6 Å². The molecule has 16 nitrogen and oxygen atoms in total. The number of nitrogens with one attached hydrogen (secondary N) is 2. The summed E-state index contributed by atoms with van der Waals surface area (Å²) >= 11 is 7.68. The molecule has 1 aliphatic carbocycles. The number of piperidine rings is 4. The number of likely N-dealkylation sites (tertiary alicyclic amines) is 1. The molecule has 6 aliphatic rings. The molecule has 1 saturated carbocycles. The summed E-state index contributed by atoms with van der Waals surface area (Å²) in [5.74, 6) is -1.37. The lowest BCUT2D eigenvalue weighted by atomic mass is 9.67. The van der Waals surface area contributed by atoms with E-state index in [4.69, 9.17) is 26.2 Å². The predicted octanol–water partition coefficient (Wildman–Crippen LogP) is 7.07. The molecule has 68 heavy (non-hydrogen) atoms. The fourth-order valence-electron chi connectivity index (χ4n) is 10.6. The summed E-state index contributed by atoms with van der Waals surface area (Å²) < 4.78 is 40.8. The van der Waals surface area contributed by atoms with E-state index in [1.807, 2.05) is 42.5 Å². The summed E-state index contributed by atoms with van der Waals surface area (Å²) in [5, 5.41) is 17.0. The van der Waals surface area contributed by atoms with E-state index in [0.29, 0.717) is 59.2 Å². The number of carboxylic acid groups (broad SMARTS) is 1. The first-order valence-electron chi connectivity index (χ1n) is 22.4. The number of amides is 3. The first-order chi connectivity index (χ1) is 32.8. The van der Waals surface area contributed by atoms with Crippen molar-refractivity contribution in [3.05, 3.63) is 99.4 Å². The molecule has 3 unspecified atom stereocenters. The summed E-state index contributed by atoms with van der Waals surface area (Å²) in [6, 6.07) is 21.8. The number of fused-ring (bicyclic) bond motifs is 2. The van der Waals surface area contributed by atoms with E-state index in [1.54, 1.807) is 33.5 Å². The number of hydrogen-bond donors (Lipinski definition) is 3. The zero-order chi connectivity index (χ0) is 47.4. The summed E-state index contributed by atoms with van der Waals surface area (Å²) in [4.78, 5) is 69.8. The van der Waals surface area contributed by atoms with Crippen molar-refractivity contribution in [3.63, 3.8) is 0 Å². The molecule has 11 rings (SSSR count). The maximum atomic E-state index is 13.8. The van der Waals surface area contributed by atoms with Gasteiger partial charge in [0, 0.05) is 55.3 Å². The van der Waals surface area contributed by atoms with Gasteiger partial charge in [-0.15, -0.1) is 11.3 Å². The number of imide groups is 1. The van der Waals surface area contributed by atoms with Gasteiger partial charge in [-0.3, -0.25) is 39.3 Å². The van der Waals surface area contributed by atoms with Crippen molar-refractivity contribution in [2.75, 3.05) is 49.7 Å². The van der Waals surface area contributed by atoms with Gasteiger partial charge >= 0.3 is 5.97 Å². The van der Waals surface area contributed by atoms with Crippen LogP contribution in [0.5, 0.6) is 11.5 Å². The Balaban J connectivity index is 0.729. The Bertz CT molecular complexity index is 3010. The fraction of sp³-hybridized carbons (Fsp3) is 0.347. The van der Waals surface area contributed by atoms with E-state index in [1.165, 1.54) is 0 Å².